The average molecular weight is 336 g/mol. The van der Waals surface area contributed by atoms with Gasteiger partial charge in [0.1, 0.15) is 18.5 Å². The molecule has 1 saturated heterocycles. The first-order valence-electron chi connectivity index (χ1n) is 9.08. The molecule has 3 rings (SSSR count). The SMILES string of the molecule is CC[C@@H](OC1CCCCC1)C(=O)N1CCO[C@@H](c2nncn2C)C1. The second kappa shape index (κ2) is 8.07. The van der Waals surface area contributed by atoms with Gasteiger partial charge in [-0.2, -0.15) is 0 Å². The van der Waals surface area contributed by atoms with Crippen LogP contribution in [-0.2, 0) is 21.3 Å². The van der Waals surface area contributed by atoms with Gasteiger partial charge in [-0.05, 0) is 19.3 Å². The van der Waals surface area contributed by atoms with Crippen molar-refractivity contribution in [2.45, 2.75) is 63.8 Å². The summed E-state index contributed by atoms with van der Waals surface area (Å²) in [4.78, 5) is 14.8. The summed E-state index contributed by atoms with van der Waals surface area (Å²) < 4.78 is 13.8. The summed E-state index contributed by atoms with van der Waals surface area (Å²) >= 11 is 0. The molecule has 2 aliphatic rings. The number of aromatic nitrogens is 3. The maximum Gasteiger partial charge on any atom is 0.251 e. The van der Waals surface area contributed by atoms with Crippen LogP contribution in [0.5, 0.6) is 0 Å². The number of aryl methyl sites for hydroxylation is 1. The summed E-state index contributed by atoms with van der Waals surface area (Å²) in [6.07, 6.45) is 7.90. The summed E-state index contributed by atoms with van der Waals surface area (Å²) in [5.41, 5.74) is 0. The summed E-state index contributed by atoms with van der Waals surface area (Å²) in [6, 6.07) is 0. The highest BCUT2D eigenvalue weighted by Crippen LogP contribution is 2.25. The molecule has 1 saturated carbocycles. The Morgan fingerprint density at radius 2 is 2.21 bits per heavy atom. The number of carbonyl (C=O) groups is 1. The van der Waals surface area contributed by atoms with E-state index >= 15 is 0 Å². The van der Waals surface area contributed by atoms with Crippen molar-refractivity contribution in [3.63, 3.8) is 0 Å². The lowest BCUT2D eigenvalue weighted by Gasteiger charge is -2.35. The van der Waals surface area contributed by atoms with E-state index in [9.17, 15) is 4.79 Å². The summed E-state index contributed by atoms with van der Waals surface area (Å²) in [6.45, 7) is 3.66. The third kappa shape index (κ3) is 3.95. The Balaban J connectivity index is 1.60. The van der Waals surface area contributed by atoms with E-state index < -0.39 is 0 Å². The molecule has 0 bridgehead atoms. The lowest BCUT2D eigenvalue weighted by atomic mass is 9.97. The number of rotatable bonds is 5. The number of nitrogens with zero attached hydrogens (tertiary/aromatic N) is 4. The number of morpholine rings is 1. The molecule has 24 heavy (non-hydrogen) atoms. The van der Waals surface area contributed by atoms with Crippen LogP contribution >= 0.6 is 0 Å². The molecule has 0 radical (unpaired) electrons. The van der Waals surface area contributed by atoms with Gasteiger partial charge in [-0.25, -0.2) is 0 Å². The van der Waals surface area contributed by atoms with Gasteiger partial charge in [0.2, 0.25) is 0 Å². The highest BCUT2D eigenvalue weighted by atomic mass is 16.5. The molecule has 1 aliphatic carbocycles. The Morgan fingerprint density at radius 3 is 2.88 bits per heavy atom. The van der Waals surface area contributed by atoms with E-state index in [1.807, 2.05) is 23.4 Å². The van der Waals surface area contributed by atoms with Gasteiger partial charge in [0.25, 0.3) is 5.91 Å². The monoisotopic (exact) mass is 336 g/mol. The second-order valence-electron chi connectivity index (χ2n) is 6.74. The van der Waals surface area contributed by atoms with Crippen molar-refractivity contribution < 1.29 is 14.3 Å². The summed E-state index contributed by atoms with van der Waals surface area (Å²) in [5, 5.41) is 8.01. The van der Waals surface area contributed by atoms with Gasteiger partial charge < -0.3 is 18.9 Å². The van der Waals surface area contributed by atoms with Crippen LogP contribution in [0, 0.1) is 0 Å². The molecule has 0 N–H and O–H groups in total. The van der Waals surface area contributed by atoms with Gasteiger partial charge in [0.15, 0.2) is 5.82 Å². The fourth-order valence-electron chi connectivity index (χ4n) is 3.56. The lowest BCUT2D eigenvalue weighted by molar-refractivity contribution is -0.156. The van der Waals surface area contributed by atoms with Gasteiger partial charge in [-0.15, -0.1) is 10.2 Å². The van der Waals surface area contributed by atoms with Crippen molar-refractivity contribution in [1.29, 1.82) is 0 Å². The molecule has 7 heteroatoms. The Kier molecular flexibility index (Phi) is 5.84. The van der Waals surface area contributed by atoms with Gasteiger partial charge >= 0.3 is 0 Å². The zero-order valence-corrected chi connectivity index (χ0v) is 14.7. The van der Waals surface area contributed by atoms with Gasteiger partial charge in [-0.3, -0.25) is 4.79 Å². The second-order valence-corrected chi connectivity index (χ2v) is 6.74. The van der Waals surface area contributed by atoms with E-state index in [1.165, 1.54) is 19.3 Å². The fraction of sp³-hybridized carbons (Fsp3) is 0.824. The third-order valence-corrected chi connectivity index (χ3v) is 4.97. The topological polar surface area (TPSA) is 69.5 Å². The molecule has 1 aliphatic heterocycles. The molecular weight excluding hydrogens is 308 g/mol. The average Bonchev–Trinajstić information content (AvgIpc) is 3.06. The predicted octanol–water partition coefficient (Wildman–Crippen LogP) is 1.84. The molecule has 134 valence electrons. The van der Waals surface area contributed by atoms with E-state index in [4.69, 9.17) is 9.47 Å². The van der Waals surface area contributed by atoms with Gasteiger partial charge in [0, 0.05) is 13.6 Å². The maximum atomic E-state index is 12.9. The molecule has 0 unspecified atom stereocenters. The number of hydrogen-bond acceptors (Lipinski definition) is 5. The van der Waals surface area contributed by atoms with E-state index in [0.29, 0.717) is 26.1 Å². The van der Waals surface area contributed by atoms with Crippen LogP contribution in [0.15, 0.2) is 6.33 Å². The van der Waals surface area contributed by atoms with E-state index in [1.54, 1.807) is 6.33 Å². The first-order chi connectivity index (χ1) is 11.7. The van der Waals surface area contributed by atoms with Crippen LogP contribution in [0.1, 0.15) is 57.4 Å². The highest BCUT2D eigenvalue weighted by molar-refractivity contribution is 5.81. The van der Waals surface area contributed by atoms with Crippen molar-refractivity contribution in [3.05, 3.63) is 12.2 Å². The Bertz CT molecular complexity index is 542. The van der Waals surface area contributed by atoms with Gasteiger partial charge in [0.05, 0.1) is 19.3 Å². The van der Waals surface area contributed by atoms with E-state index in [2.05, 4.69) is 10.2 Å². The molecule has 0 aromatic carbocycles. The standard InChI is InChI=1S/C17H28N4O3/c1-3-14(24-13-7-5-4-6-8-13)17(22)21-9-10-23-15(11-21)16-19-18-12-20(16)2/h12-15H,3-11H2,1-2H3/t14-,15-/m1/s1. The van der Waals surface area contributed by atoms with Crippen LogP contribution in [0.3, 0.4) is 0 Å². The Labute approximate surface area is 143 Å². The van der Waals surface area contributed by atoms with E-state index in [0.717, 1.165) is 18.7 Å². The minimum absolute atomic E-state index is 0.0820. The molecule has 1 aromatic heterocycles. The first-order valence-corrected chi connectivity index (χ1v) is 9.08. The third-order valence-electron chi connectivity index (χ3n) is 4.97. The van der Waals surface area contributed by atoms with Gasteiger partial charge in [-0.1, -0.05) is 26.2 Å². The van der Waals surface area contributed by atoms with Crippen LogP contribution in [0.4, 0.5) is 0 Å². The van der Waals surface area contributed by atoms with Crippen LogP contribution in [0.2, 0.25) is 0 Å². The fourth-order valence-corrected chi connectivity index (χ4v) is 3.56. The molecule has 0 spiro atoms. The van der Waals surface area contributed by atoms with Crippen molar-refractivity contribution in [3.8, 4) is 0 Å². The number of amides is 1. The summed E-state index contributed by atoms with van der Waals surface area (Å²) in [5.74, 6) is 0.840. The van der Waals surface area contributed by atoms with Crippen LogP contribution in [-0.4, -0.2) is 57.5 Å². The minimum Gasteiger partial charge on any atom is -0.366 e. The number of hydrogen-bond donors (Lipinski definition) is 0. The van der Waals surface area contributed by atoms with Crippen molar-refractivity contribution >= 4 is 5.91 Å². The smallest absolute Gasteiger partial charge is 0.251 e. The first kappa shape index (κ1) is 17.4. The molecule has 2 atom stereocenters. The molecular formula is C17H28N4O3. The Hall–Kier alpha value is -1.47. The normalized spacial score (nSPS) is 24.1. The predicted molar refractivity (Wildman–Crippen MR) is 88.3 cm³/mol. The Morgan fingerprint density at radius 1 is 1.42 bits per heavy atom. The molecule has 1 amide bonds. The van der Waals surface area contributed by atoms with Crippen molar-refractivity contribution in [2.75, 3.05) is 19.7 Å². The van der Waals surface area contributed by atoms with Crippen LogP contribution in [0.25, 0.3) is 0 Å². The van der Waals surface area contributed by atoms with E-state index in [-0.39, 0.29) is 24.2 Å². The minimum atomic E-state index is -0.341. The highest BCUT2D eigenvalue weighted by Gasteiger charge is 2.32. The molecule has 2 fully saturated rings. The van der Waals surface area contributed by atoms with Crippen molar-refractivity contribution in [2.24, 2.45) is 7.05 Å². The zero-order chi connectivity index (χ0) is 16.9. The zero-order valence-electron chi connectivity index (χ0n) is 14.7. The van der Waals surface area contributed by atoms with Crippen molar-refractivity contribution in [1.82, 2.24) is 19.7 Å². The maximum absolute atomic E-state index is 12.9. The summed E-state index contributed by atoms with van der Waals surface area (Å²) in [7, 11) is 1.89. The number of carbonyl (C=O) groups excluding carboxylic acids is 1. The molecule has 7 nitrogen and oxygen atoms in total. The quantitative estimate of drug-likeness (QED) is 0.821. The van der Waals surface area contributed by atoms with Crippen LogP contribution < -0.4 is 0 Å². The molecule has 2 heterocycles. The lowest BCUT2D eigenvalue weighted by Crippen LogP contribution is -2.48. The largest absolute Gasteiger partial charge is 0.366 e. The molecule has 1 aromatic rings. The number of ether oxygens (including phenoxy) is 2.